The zero-order valence-corrected chi connectivity index (χ0v) is 28.5. The van der Waals surface area contributed by atoms with Gasteiger partial charge in [-0.05, 0) is 101 Å². The van der Waals surface area contributed by atoms with Gasteiger partial charge in [0.2, 0.25) is 5.91 Å². The van der Waals surface area contributed by atoms with Crippen LogP contribution in [0.25, 0.3) is 11.3 Å². The van der Waals surface area contributed by atoms with E-state index in [1.54, 1.807) is 24.5 Å². The Balaban J connectivity index is 1.13. The second kappa shape index (κ2) is 15.5. The summed E-state index contributed by atoms with van der Waals surface area (Å²) in [5, 5.41) is 9.78. The lowest BCUT2D eigenvalue weighted by molar-refractivity contribution is -0.124. The summed E-state index contributed by atoms with van der Waals surface area (Å²) in [5.41, 5.74) is 3.63. The summed E-state index contributed by atoms with van der Waals surface area (Å²) >= 11 is 0. The van der Waals surface area contributed by atoms with E-state index in [1.807, 2.05) is 36.9 Å². The van der Waals surface area contributed by atoms with Crippen LogP contribution >= 0.6 is 0 Å². The van der Waals surface area contributed by atoms with Crippen LogP contribution in [0.3, 0.4) is 0 Å². The van der Waals surface area contributed by atoms with Gasteiger partial charge < -0.3 is 23.9 Å². The van der Waals surface area contributed by atoms with Gasteiger partial charge in [0.1, 0.15) is 29.6 Å². The van der Waals surface area contributed by atoms with Gasteiger partial charge in [0, 0.05) is 55.3 Å². The number of oxazole rings is 1. The van der Waals surface area contributed by atoms with E-state index >= 15 is 0 Å². The number of nitrogens with zero attached hydrogens (tertiary/aromatic N) is 5. The number of anilines is 1. The molecule has 2 amide bonds. The smallest absolute Gasteiger partial charge is 0.410 e. The Kier molecular flexibility index (Phi) is 10.9. The molecule has 1 saturated heterocycles. The van der Waals surface area contributed by atoms with Crippen LogP contribution in [0.15, 0.2) is 41.1 Å². The summed E-state index contributed by atoms with van der Waals surface area (Å²) in [6.07, 6.45) is 11.1. The standard InChI is InChI=1S/C37H49N5O6/c1-4-35-40-32(23-47-35)28-15-18-38-34(21-28)42(22-25-5-7-26(8-6-25)31-13-14-33(46-3)24(2)39-31)36(44)27-9-11-30(12-10-27)48-37(45)41-19-16-29(43)17-20-41/h13-15,18,21,23,25-27,29-30,43H,4-12,16-17,19-20,22H2,1-3H3. The molecular weight excluding hydrogens is 610 g/mol. The van der Waals surface area contributed by atoms with Gasteiger partial charge in [-0.2, -0.15) is 0 Å². The van der Waals surface area contributed by atoms with Crippen LogP contribution in [0.4, 0.5) is 10.6 Å². The number of amides is 2. The average Bonchev–Trinajstić information content (AvgIpc) is 3.61. The fourth-order valence-corrected chi connectivity index (χ4v) is 7.45. The highest BCUT2D eigenvalue weighted by Gasteiger charge is 2.35. The summed E-state index contributed by atoms with van der Waals surface area (Å²) < 4.78 is 16.9. The van der Waals surface area contributed by atoms with Crippen LogP contribution in [-0.2, 0) is 16.0 Å². The first-order valence-corrected chi connectivity index (χ1v) is 17.7. The summed E-state index contributed by atoms with van der Waals surface area (Å²) in [7, 11) is 1.67. The monoisotopic (exact) mass is 659 g/mol. The zero-order valence-electron chi connectivity index (χ0n) is 28.5. The van der Waals surface area contributed by atoms with Gasteiger partial charge in [0.25, 0.3) is 0 Å². The molecule has 11 heteroatoms. The number of aliphatic hydroxyl groups excluding tert-OH is 1. The summed E-state index contributed by atoms with van der Waals surface area (Å²) in [5.74, 6) is 2.76. The highest BCUT2D eigenvalue weighted by Crippen LogP contribution is 2.38. The van der Waals surface area contributed by atoms with E-state index in [9.17, 15) is 14.7 Å². The van der Waals surface area contributed by atoms with Crippen LogP contribution in [0.1, 0.15) is 94.3 Å². The van der Waals surface area contributed by atoms with Gasteiger partial charge in [-0.3, -0.25) is 14.7 Å². The average molecular weight is 660 g/mol. The molecule has 3 aromatic heterocycles. The van der Waals surface area contributed by atoms with Crippen molar-refractivity contribution in [3.05, 3.63) is 54.0 Å². The maximum Gasteiger partial charge on any atom is 0.410 e. The van der Waals surface area contributed by atoms with Crippen molar-refractivity contribution in [1.29, 1.82) is 0 Å². The van der Waals surface area contributed by atoms with Gasteiger partial charge in [-0.15, -0.1) is 0 Å². The molecule has 2 aliphatic carbocycles. The fraction of sp³-hybridized carbons (Fsp3) is 0.595. The Morgan fingerprint density at radius 1 is 1.00 bits per heavy atom. The number of likely N-dealkylation sites (tertiary alicyclic amines) is 1. The van der Waals surface area contributed by atoms with Gasteiger partial charge in [-0.1, -0.05) is 6.92 Å². The molecule has 1 N–H and O–H groups in total. The molecule has 2 saturated carbocycles. The highest BCUT2D eigenvalue weighted by molar-refractivity contribution is 5.94. The molecule has 1 aliphatic heterocycles. The number of pyridine rings is 2. The Morgan fingerprint density at radius 2 is 1.75 bits per heavy atom. The lowest BCUT2D eigenvalue weighted by Gasteiger charge is -2.36. The van der Waals surface area contributed by atoms with Crippen molar-refractivity contribution >= 4 is 17.8 Å². The van der Waals surface area contributed by atoms with Crippen molar-refractivity contribution in [3.63, 3.8) is 0 Å². The van der Waals surface area contributed by atoms with E-state index in [2.05, 4.69) is 11.1 Å². The van der Waals surface area contributed by atoms with Crippen molar-refractivity contribution in [3.8, 4) is 17.0 Å². The number of methoxy groups -OCH3 is 1. The highest BCUT2D eigenvalue weighted by atomic mass is 16.6. The van der Waals surface area contributed by atoms with Crippen molar-refractivity contribution in [2.75, 3.05) is 31.6 Å². The summed E-state index contributed by atoms with van der Waals surface area (Å²) in [6, 6.07) is 7.95. The van der Waals surface area contributed by atoms with E-state index in [1.165, 1.54) is 0 Å². The lowest BCUT2D eigenvalue weighted by atomic mass is 9.79. The topological polar surface area (TPSA) is 131 Å². The molecule has 0 aromatic carbocycles. The first-order valence-electron chi connectivity index (χ1n) is 17.7. The van der Waals surface area contributed by atoms with Crippen molar-refractivity contribution < 1.29 is 28.6 Å². The van der Waals surface area contributed by atoms with Gasteiger partial charge in [0.15, 0.2) is 5.89 Å². The van der Waals surface area contributed by atoms with E-state index < -0.39 is 0 Å². The molecule has 3 aliphatic rings. The molecule has 0 radical (unpaired) electrons. The van der Waals surface area contributed by atoms with Crippen molar-refractivity contribution in [1.82, 2.24) is 19.9 Å². The SMILES string of the molecule is CCc1nc(-c2ccnc(N(CC3CCC(c4ccc(OC)c(C)n4)CC3)C(=O)C3CCC(OC(=O)N4CCC(O)CC4)CC3)c2)co1. The maximum absolute atomic E-state index is 14.4. The minimum atomic E-state index is -0.344. The van der Waals surface area contributed by atoms with Gasteiger partial charge in [0.05, 0.1) is 18.9 Å². The Bertz CT molecular complexity index is 1540. The number of aliphatic hydroxyl groups is 1. The van der Waals surface area contributed by atoms with Crippen LogP contribution in [0.2, 0.25) is 0 Å². The van der Waals surface area contributed by atoms with Gasteiger partial charge >= 0.3 is 6.09 Å². The number of hydrogen-bond acceptors (Lipinski definition) is 9. The number of aryl methyl sites for hydroxylation is 2. The van der Waals surface area contributed by atoms with E-state index in [-0.39, 0.29) is 30.1 Å². The second-order valence-electron chi connectivity index (χ2n) is 13.6. The van der Waals surface area contributed by atoms with E-state index in [0.29, 0.717) is 88.1 Å². The number of ether oxygens (including phenoxy) is 2. The molecule has 258 valence electrons. The number of rotatable bonds is 9. The maximum atomic E-state index is 14.4. The van der Waals surface area contributed by atoms with E-state index in [4.69, 9.17) is 23.9 Å². The fourth-order valence-electron chi connectivity index (χ4n) is 7.45. The zero-order chi connectivity index (χ0) is 33.6. The molecule has 0 unspecified atom stereocenters. The number of aromatic nitrogens is 3. The van der Waals surface area contributed by atoms with Crippen molar-refractivity contribution in [2.45, 2.75) is 103 Å². The molecule has 11 nitrogen and oxygen atoms in total. The molecule has 3 fully saturated rings. The third-order valence-electron chi connectivity index (χ3n) is 10.4. The van der Waals surface area contributed by atoms with E-state index in [0.717, 1.165) is 54.1 Å². The predicted octanol–water partition coefficient (Wildman–Crippen LogP) is 6.47. The molecule has 48 heavy (non-hydrogen) atoms. The first kappa shape index (κ1) is 33.9. The minimum Gasteiger partial charge on any atom is -0.495 e. The number of hydrogen-bond donors (Lipinski definition) is 1. The number of carbonyl (C=O) groups excluding carboxylic acids is 2. The van der Waals surface area contributed by atoms with Crippen LogP contribution in [-0.4, -0.2) is 75.9 Å². The van der Waals surface area contributed by atoms with Crippen LogP contribution < -0.4 is 9.64 Å². The Morgan fingerprint density at radius 3 is 2.42 bits per heavy atom. The van der Waals surface area contributed by atoms with Crippen LogP contribution in [0, 0.1) is 18.8 Å². The molecule has 0 spiro atoms. The largest absolute Gasteiger partial charge is 0.495 e. The molecular formula is C37H49N5O6. The Labute approximate surface area is 283 Å². The third kappa shape index (κ3) is 7.99. The normalized spacial score (nSPS) is 23.5. The quantitative estimate of drug-likeness (QED) is 0.275. The van der Waals surface area contributed by atoms with Gasteiger partial charge in [-0.25, -0.2) is 14.8 Å². The molecule has 0 bridgehead atoms. The molecule has 3 aromatic rings. The minimum absolute atomic E-state index is 0.0819. The number of piperidine rings is 1. The lowest BCUT2D eigenvalue weighted by Crippen LogP contribution is -2.44. The van der Waals surface area contributed by atoms with Crippen LogP contribution in [0.5, 0.6) is 5.75 Å². The molecule has 6 rings (SSSR count). The second-order valence-corrected chi connectivity index (χ2v) is 13.6. The first-order chi connectivity index (χ1) is 23.3. The predicted molar refractivity (Wildman–Crippen MR) is 181 cm³/mol. The summed E-state index contributed by atoms with van der Waals surface area (Å²) in [6.45, 7) is 5.62. The Hall–Kier alpha value is -3.99. The molecule has 4 heterocycles. The number of carbonyl (C=O) groups is 2. The molecule has 0 atom stereocenters. The van der Waals surface area contributed by atoms with Crippen molar-refractivity contribution in [2.24, 2.45) is 11.8 Å². The third-order valence-corrected chi connectivity index (χ3v) is 10.4. The summed E-state index contributed by atoms with van der Waals surface area (Å²) in [4.78, 5) is 44.8.